The van der Waals surface area contributed by atoms with E-state index in [-0.39, 0.29) is 0 Å². The van der Waals surface area contributed by atoms with Gasteiger partial charge in [-0.05, 0) is 44.7 Å². The molecule has 0 aromatic carbocycles. The lowest BCUT2D eigenvalue weighted by atomic mass is 9.85. The van der Waals surface area contributed by atoms with Gasteiger partial charge in [0.1, 0.15) is 0 Å². The normalized spacial score (nSPS) is 26.8. The zero-order chi connectivity index (χ0) is 10.8. The van der Waals surface area contributed by atoms with Crippen LogP contribution in [0.15, 0.2) is 0 Å². The first-order valence-electron chi connectivity index (χ1n) is 5.91. The van der Waals surface area contributed by atoms with Crippen molar-refractivity contribution in [1.29, 1.82) is 0 Å². The number of hydrogen-bond donors (Lipinski definition) is 1. The summed E-state index contributed by atoms with van der Waals surface area (Å²) in [5.41, 5.74) is 6.22. The van der Waals surface area contributed by atoms with E-state index in [9.17, 15) is 0 Å². The van der Waals surface area contributed by atoms with E-state index in [2.05, 4.69) is 32.6 Å². The molecule has 1 aliphatic rings. The number of nitrogens with two attached hydrogens (primary N) is 1. The van der Waals surface area contributed by atoms with Crippen LogP contribution in [0.5, 0.6) is 0 Å². The number of rotatable bonds is 3. The van der Waals surface area contributed by atoms with Gasteiger partial charge in [0.15, 0.2) is 0 Å². The van der Waals surface area contributed by atoms with E-state index in [1.165, 1.54) is 25.9 Å². The summed E-state index contributed by atoms with van der Waals surface area (Å²) in [5, 5.41) is 0. The van der Waals surface area contributed by atoms with Gasteiger partial charge in [0.25, 0.3) is 0 Å². The Labute approximate surface area is 88.8 Å². The molecule has 2 nitrogen and oxygen atoms in total. The molecule has 14 heavy (non-hydrogen) atoms. The molecule has 2 atom stereocenters. The van der Waals surface area contributed by atoms with Crippen LogP contribution in [0.4, 0.5) is 0 Å². The second-order valence-electron chi connectivity index (χ2n) is 5.83. The predicted octanol–water partition coefficient (Wildman–Crippen LogP) is 2.23. The van der Waals surface area contributed by atoms with Crippen molar-refractivity contribution < 1.29 is 0 Å². The maximum absolute atomic E-state index is 5.80. The minimum atomic E-state index is 0.344. The Kier molecular flexibility index (Phi) is 3.96. The maximum Gasteiger partial charge on any atom is 0.0144 e. The summed E-state index contributed by atoms with van der Waals surface area (Å²) in [6.07, 6.45) is 3.86. The summed E-state index contributed by atoms with van der Waals surface area (Å²) < 4.78 is 0. The summed E-state index contributed by atoms with van der Waals surface area (Å²) in [7, 11) is 0. The average molecular weight is 198 g/mol. The highest BCUT2D eigenvalue weighted by molar-refractivity contribution is 4.88. The van der Waals surface area contributed by atoms with Crippen LogP contribution in [0.25, 0.3) is 0 Å². The fourth-order valence-corrected chi connectivity index (χ4v) is 2.44. The molecule has 1 fully saturated rings. The molecule has 1 aliphatic heterocycles. The maximum atomic E-state index is 5.80. The number of likely N-dealkylation sites (tertiary alicyclic amines) is 1. The van der Waals surface area contributed by atoms with Gasteiger partial charge in [-0.1, -0.05) is 20.8 Å². The second-order valence-corrected chi connectivity index (χ2v) is 5.83. The Hall–Kier alpha value is -0.0800. The summed E-state index contributed by atoms with van der Waals surface area (Å²) in [5.74, 6) is 0. The predicted molar refractivity (Wildman–Crippen MR) is 62.3 cm³/mol. The molecule has 0 radical (unpaired) electrons. The third kappa shape index (κ3) is 3.25. The smallest absolute Gasteiger partial charge is 0.0144 e. The minimum absolute atomic E-state index is 0.344. The van der Waals surface area contributed by atoms with E-state index in [1.54, 1.807) is 0 Å². The zero-order valence-corrected chi connectivity index (χ0v) is 10.2. The fourth-order valence-electron chi connectivity index (χ4n) is 2.44. The standard InChI is InChI=1S/C12H26N2/c1-10(13)7-9-14-8-5-6-11(14)12(2,3)4/h10-11H,5-9,13H2,1-4H3. The molecule has 0 spiro atoms. The van der Waals surface area contributed by atoms with Crippen LogP contribution in [-0.4, -0.2) is 30.1 Å². The molecule has 2 heteroatoms. The first-order chi connectivity index (χ1) is 6.41. The minimum Gasteiger partial charge on any atom is -0.328 e. The van der Waals surface area contributed by atoms with E-state index in [1.807, 2.05) is 0 Å². The van der Waals surface area contributed by atoms with Gasteiger partial charge in [-0.15, -0.1) is 0 Å². The molecule has 0 amide bonds. The first kappa shape index (κ1) is 12.0. The Morgan fingerprint density at radius 3 is 2.57 bits per heavy atom. The monoisotopic (exact) mass is 198 g/mol. The van der Waals surface area contributed by atoms with Crippen molar-refractivity contribution in [2.75, 3.05) is 13.1 Å². The Bertz CT molecular complexity index is 170. The molecule has 0 aliphatic carbocycles. The van der Waals surface area contributed by atoms with Crippen molar-refractivity contribution in [2.24, 2.45) is 11.1 Å². The van der Waals surface area contributed by atoms with Gasteiger partial charge in [0.05, 0.1) is 0 Å². The van der Waals surface area contributed by atoms with Gasteiger partial charge in [0.2, 0.25) is 0 Å². The third-order valence-corrected chi connectivity index (χ3v) is 3.23. The lowest BCUT2D eigenvalue weighted by molar-refractivity contribution is 0.138. The summed E-state index contributed by atoms with van der Waals surface area (Å²) in [6.45, 7) is 11.6. The average Bonchev–Trinajstić information content (AvgIpc) is 2.46. The van der Waals surface area contributed by atoms with Crippen molar-refractivity contribution in [3.63, 3.8) is 0 Å². The van der Waals surface area contributed by atoms with Crippen molar-refractivity contribution in [1.82, 2.24) is 4.90 Å². The van der Waals surface area contributed by atoms with Gasteiger partial charge >= 0.3 is 0 Å². The zero-order valence-electron chi connectivity index (χ0n) is 10.2. The van der Waals surface area contributed by atoms with Crippen molar-refractivity contribution in [2.45, 2.75) is 59.0 Å². The summed E-state index contributed by atoms with van der Waals surface area (Å²) >= 11 is 0. The summed E-state index contributed by atoms with van der Waals surface area (Å²) in [4.78, 5) is 2.63. The SMILES string of the molecule is CC(N)CCN1CCCC1C(C)(C)C. The molecular formula is C12H26N2. The van der Waals surface area contributed by atoms with E-state index < -0.39 is 0 Å². The van der Waals surface area contributed by atoms with E-state index in [4.69, 9.17) is 5.73 Å². The molecule has 2 N–H and O–H groups in total. The molecule has 2 unspecified atom stereocenters. The van der Waals surface area contributed by atoms with Gasteiger partial charge in [-0.3, -0.25) is 4.90 Å². The van der Waals surface area contributed by atoms with E-state index in [0.717, 1.165) is 12.5 Å². The van der Waals surface area contributed by atoms with Gasteiger partial charge in [-0.25, -0.2) is 0 Å². The Balaban J connectivity index is 2.43. The highest BCUT2D eigenvalue weighted by atomic mass is 15.2. The third-order valence-electron chi connectivity index (χ3n) is 3.23. The molecule has 0 aromatic rings. The largest absolute Gasteiger partial charge is 0.328 e. The first-order valence-corrected chi connectivity index (χ1v) is 5.91. The Morgan fingerprint density at radius 2 is 2.07 bits per heavy atom. The molecule has 0 aromatic heterocycles. The highest BCUT2D eigenvalue weighted by Crippen LogP contribution is 2.32. The summed E-state index contributed by atoms with van der Waals surface area (Å²) in [6, 6.07) is 1.11. The highest BCUT2D eigenvalue weighted by Gasteiger charge is 2.33. The molecular weight excluding hydrogens is 172 g/mol. The molecule has 0 saturated carbocycles. The molecule has 1 rings (SSSR count). The topological polar surface area (TPSA) is 29.3 Å². The van der Waals surface area contributed by atoms with Crippen LogP contribution in [-0.2, 0) is 0 Å². The van der Waals surface area contributed by atoms with Gasteiger partial charge < -0.3 is 5.73 Å². The quantitative estimate of drug-likeness (QED) is 0.753. The number of nitrogens with zero attached hydrogens (tertiary/aromatic N) is 1. The second kappa shape index (κ2) is 4.63. The van der Waals surface area contributed by atoms with Crippen LogP contribution >= 0.6 is 0 Å². The van der Waals surface area contributed by atoms with Crippen LogP contribution in [0, 0.1) is 5.41 Å². The van der Waals surface area contributed by atoms with Gasteiger partial charge in [-0.2, -0.15) is 0 Å². The lowest BCUT2D eigenvalue weighted by Crippen LogP contribution is -2.41. The van der Waals surface area contributed by atoms with Gasteiger partial charge in [0, 0.05) is 12.1 Å². The molecule has 1 saturated heterocycles. The van der Waals surface area contributed by atoms with Crippen molar-refractivity contribution in [3.05, 3.63) is 0 Å². The van der Waals surface area contributed by atoms with Crippen LogP contribution in [0.2, 0.25) is 0 Å². The fraction of sp³-hybridized carbons (Fsp3) is 1.00. The van der Waals surface area contributed by atoms with Crippen LogP contribution < -0.4 is 5.73 Å². The number of hydrogen-bond acceptors (Lipinski definition) is 2. The molecule has 1 heterocycles. The molecule has 0 bridgehead atoms. The van der Waals surface area contributed by atoms with Crippen LogP contribution in [0.1, 0.15) is 47.0 Å². The molecule has 84 valence electrons. The van der Waals surface area contributed by atoms with E-state index in [0.29, 0.717) is 11.5 Å². The lowest BCUT2D eigenvalue weighted by Gasteiger charge is -2.35. The van der Waals surface area contributed by atoms with E-state index >= 15 is 0 Å². The van der Waals surface area contributed by atoms with Crippen molar-refractivity contribution in [3.8, 4) is 0 Å². The van der Waals surface area contributed by atoms with Crippen LogP contribution in [0.3, 0.4) is 0 Å². The Morgan fingerprint density at radius 1 is 1.43 bits per heavy atom. The van der Waals surface area contributed by atoms with Crippen molar-refractivity contribution >= 4 is 0 Å².